The lowest BCUT2D eigenvalue weighted by Crippen LogP contribution is -3.15. The maximum atomic E-state index is 12.6. The van der Waals surface area contributed by atoms with E-state index in [1.54, 1.807) is 6.26 Å². The van der Waals surface area contributed by atoms with Crippen LogP contribution in [0, 0.1) is 5.92 Å². The number of carbonyl (C=O) groups is 1. The van der Waals surface area contributed by atoms with Crippen LogP contribution in [0.5, 0.6) is 0 Å². The molecule has 1 saturated heterocycles. The molecule has 2 fully saturated rings. The number of quaternary nitrogens is 1. The summed E-state index contributed by atoms with van der Waals surface area (Å²) in [5.41, 5.74) is 1.29. The molecule has 2 N–H and O–H groups in total. The summed E-state index contributed by atoms with van der Waals surface area (Å²) in [6.07, 6.45) is 7.47. The number of carbonyl (C=O) groups excluding carboxylic acids is 1. The highest BCUT2D eigenvalue weighted by Crippen LogP contribution is 2.23. The third kappa shape index (κ3) is 4.58. The zero-order chi connectivity index (χ0) is 19.2. The van der Waals surface area contributed by atoms with Crippen molar-refractivity contribution < 1.29 is 14.1 Å². The van der Waals surface area contributed by atoms with Crippen LogP contribution in [0.25, 0.3) is 0 Å². The molecule has 28 heavy (non-hydrogen) atoms. The molecule has 1 aliphatic heterocycles. The summed E-state index contributed by atoms with van der Waals surface area (Å²) < 4.78 is 5.75. The minimum atomic E-state index is 0.181. The largest absolute Gasteiger partial charge is 0.463 e. The SMILES string of the molecule is O=C(NC[C@@H](c1ccco1)[NH+]1CCN(c2ccccc2)CC1)C1CCCCC1. The quantitative estimate of drug-likeness (QED) is 0.807. The van der Waals surface area contributed by atoms with Gasteiger partial charge in [0, 0.05) is 11.6 Å². The van der Waals surface area contributed by atoms with Gasteiger partial charge in [0.05, 0.1) is 39.0 Å². The molecule has 5 heteroatoms. The minimum Gasteiger partial charge on any atom is -0.463 e. The van der Waals surface area contributed by atoms with Crippen molar-refractivity contribution in [3.05, 3.63) is 54.5 Å². The number of para-hydroxylation sites is 1. The van der Waals surface area contributed by atoms with Crippen molar-refractivity contribution in [2.45, 2.75) is 38.1 Å². The third-order valence-electron chi connectivity index (χ3n) is 6.36. The normalized spacial score (nSPS) is 20.1. The Morgan fingerprint density at radius 1 is 1.07 bits per heavy atom. The van der Waals surface area contributed by atoms with Crippen LogP contribution in [0.2, 0.25) is 0 Å². The van der Waals surface area contributed by atoms with Crippen LogP contribution in [0.15, 0.2) is 53.1 Å². The number of piperazine rings is 1. The molecule has 2 aromatic rings. The predicted molar refractivity (Wildman–Crippen MR) is 110 cm³/mol. The van der Waals surface area contributed by atoms with Crippen molar-refractivity contribution in [1.29, 1.82) is 0 Å². The Balaban J connectivity index is 1.36. The number of hydrogen-bond donors (Lipinski definition) is 2. The van der Waals surface area contributed by atoms with E-state index >= 15 is 0 Å². The molecule has 1 amide bonds. The average molecular weight is 383 g/mol. The molecule has 2 aliphatic rings. The van der Waals surface area contributed by atoms with Crippen LogP contribution in [0.4, 0.5) is 5.69 Å². The molecule has 0 bridgehead atoms. The van der Waals surface area contributed by atoms with Gasteiger partial charge >= 0.3 is 0 Å². The van der Waals surface area contributed by atoms with Gasteiger partial charge in [-0.05, 0) is 37.1 Å². The molecule has 0 unspecified atom stereocenters. The number of nitrogens with one attached hydrogen (secondary N) is 2. The Bertz CT molecular complexity index is 718. The van der Waals surface area contributed by atoms with Gasteiger partial charge in [-0.25, -0.2) is 0 Å². The fraction of sp³-hybridized carbons (Fsp3) is 0.522. The summed E-state index contributed by atoms with van der Waals surface area (Å²) >= 11 is 0. The van der Waals surface area contributed by atoms with Gasteiger partial charge in [-0.15, -0.1) is 0 Å². The van der Waals surface area contributed by atoms with E-state index in [-0.39, 0.29) is 17.9 Å². The number of benzene rings is 1. The lowest BCUT2D eigenvalue weighted by Gasteiger charge is -2.37. The summed E-state index contributed by atoms with van der Waals surface area (Å²) in [6, 6.07) is 14.8. The smallest absolute Gasteiger partial charge is 0.223 e. The molecular formula is C23H32N3O2+. The van der Waals surface area contributed by atoms with Gasteiger partial charge in [-0.1, -0.05) is 37.5 Å². The Morgan fingerprint density at radius 2 is 1.82 bits per heavy atom. The van der Waals surface area contributed by atoms with E-state index in [2.05, 4.69) is 40.5 Å². The highest BCUT2D eigenvalue weighted by atomic mass is 16.3. The van der Waals surface area contributed by atoms with Gasteiger partial charge in [0.1, 0.15) is 0 Å². The Hall–Kier alpha value is -2.27. The van der Waals surface area contributed by atoms with Gasteiger partial charge in [0.2, 0.25) is 5.91 Å². The van der Waals surface area contributed by atoms with Gasteiger partial charge in [-0.2, -0.15) is 0 Å². The van der Waals surface area contributed by atoms with Crippen molar-refractivity contribution in [3.8, 4) is 0 Å². The second-order valence-electron chi connectivity index (χ2n) is 8.13. The maximum Gasteiger partial charge on any atom is 0.223 e. The number of amides is 1. The first kappa shape index (κ1) is 19.1. The monoisotopic (exact) mass is 382 g/mol. The number of rotatable bonds is 6. The molecule has 1 aliphatic carbocycles. The van der Waals surface area contributed by atoms with Crippen molar-refractivity contribution in [2.75, 3.05) is 37.6 Å². The van der Waals surface area contributed by atoms with Gasteiger partial charge in [0.15, 0.2) is 11.8 Å². The molecular weight excluding hydrogens is 350 g/mol. The van der Waals surface area contributed by atoms with Crippen LogP contribution in [-0.4, -0.2) is 38.6 Å². The molecule has 1 aromatic carbocycles. The van der Waals surface area contributed by atoms with E-state index in [0.29, 0.717) is 6.54 Å². The summed E-state index contributed by atoms with van der Waals surface area (Å²) in [5.74, 6) is 1.42. The fourth-order valence-corrected chi connectivity index (χ4v) is 4.69. The number of furan rings is 1. The predicted octanol–water partition coefficient (Wildman–Crippen LogP) is 2.42. The lowest BCUT2D eigenvalue weighted by molar-refractivity contribution is -0.932. The Labute approximate surface area is 167 Å². The van der Waals surface area contributed by atoms with E-state index in [4.69, 9.17) is 4.42 Å². The van der Waals surface area contributed by atoms with E-state index in [0.717, 1.165) is 44.8 Å². The van der Waals surface area contributed by atoms with E-state index in [9.17, 15) is 4.79 Å². The Morgan fingerprint density at radius 3 is 2.50 bits per heavy atom. The molecule has 1 saturated carbocycles. The van der Waals surface area contributed by atoms with Crippen LogP contribution in [0.1, 0.15) is 43.9 Å². The first-order valence-corrected chi connectivity index (χ1v) is 10.8. The molecule has 1 atom stereocenters. The molecule has 0 radical (unpaired) electrons. The first-order valence-electron chi connectivity index (χ1n) is 10.8. The van der Waals surface area contributed by atoms with Crippen LogP contribution < -0.4 is 15.1 Å². The molecule has 5 nitrogen and oxygen atoms in total. The Kier molecular flexibility index (Phi) is 6.32. The van der Waals surface area contributed by atoms with Crippen LogP contribution in [0.3, 0.4) is 0 Å². The first-order chi connectivity index (χ1) is 13.8. The summed E-state index contributed by atoms with van der Waals surface area (Å²) in [7, 11) is 0. The minimum absolute atomic E-state index is 0.181. The van der Waals surface area contributed by atoms with Crippen molar-refractivity contribution >= 4 is 11.6 Å². The highest BCUT2D eigenvalue weighted by Gasteiger charge is 2.31. The molecule has 1 aromatic heterocycles. The van der Waals surface area contributed by atoms with Gasteiger partial charge in [0.25, 0.3) is 0 Å². The highest BCUT2D eigenvalue weighted by molar-refractivity contribution is 5.78. The summed E-state index contributed by atoms with van der Waals surface area (Å²) in [4.78, 5) is 16.6. The molecule has 2 heterocycles. The summed E-state index contributed by atoms with van der Waals surface area (Å²) in [6.45, 7) is 4.78. The molecule has 4 rings (SSSR count). The maximum absolute atomic E-state index is 12.6. The van der Waals surface area contributed by atoms with Crippen molar-refractivity contribution in [2.24, 2.45) is 5.92 Å². The van der Waals surface area contributed by atoms with Gasteiger partial charge < -0.3 is 19.5 Å². The van der Waals surface area contributed by atoms with Gasteiger partial charge in [-0.3, -0.25) is 4.79 Å². The summed E-state index contributed by atoms with van der Waals surface area (Å²) in [5, 5.41) is 3.25. The van der Waals surface area contributed by atoms with E-state index in [1.165, 1.54) is 29.8 Å². The number of anilines is 1. The fourth-order valence-electron chi connectivity index (χ4n) is 4.69. The zero-order valence-corrected chi connectivity index (χ0v) is 16.6. The van der Waals surface area contributed by atoms with Crippen molar-refractivity contribution in [1.82, 2.24) is 5.32 Å². The topological polar surface area (TPSA) is 49.9 Å². The van der Waals surface area contributed by atoms with E-state index in [1.807, 2.05) is 12.1 Å². The third-order valence-corrected chi connectivity index (χ3v) is 6.36. The molecule has 0 spiro atoms. The van der Waals surface area contributed by atoms with Crippen LogP contribution >= 0.6 is 0 Å². The average Bonchev–Trinajstić information content (AvgIpc) is 3.30. The molecule has 150 valence electrons. The van der Waals surface area contributed by atoms with Crippen molar-refractivity contribution in [3.63, 3.8) is 0 Å². The zero-order valence-electron chi connectivity index (χ0n) is 16.6. The lowest BCUT2D eigenvalue weighted by atomic mass is 9.88. The second-order valence-corrected chi connectivity index (χ2v) is 8.13. The van der Waals surface area contributed by atoms with Crippen LogP contribution in [-0.2, 0) is 4.79 Å². The number of hydrogen-bond acceptors (Lipinski definition) is 3. The standard InChI is InChI=1S/C23H31N3O2/c27-23(19-8-3-1-4-9-19)24-18-21(22-12-7-17-28-22)26-15-13-25(14-16-26)20-10-5-2-6-11-20/h2,5-7,10-12,17,19,21H,1,3-4,8-9,13-16,18H2,(H,24,27)/p+1/t21-/m0/s1. The second kappa shape index (κ2) is 9.28. The van der Waals surface area contributed by atoms with E-state index < -0.39 is 0 Å². The number of nitrogens with zero attached hydrogens (tertiary/aromatic N) is 1.